The van der Waals surface area contributed by atoms with Crippen molar-refractivity contribution in [2.45, 2.75) is 66.9 Å². The third-order valence-electron chi connectivity index (χ3n) is 2.09. The van der Waals surface area contributed by atoms with Crippen molar-refractivity contribution in [3.05, 3.63) is 0 Å². The molecule has 0 fully saturated rings. The molecule has 0 aliphatic heterocycles. The molecular formula is C13H31NO. The van der Waals surface area contributed by atoms with Crippen molar-refractivity contribution in [2.24, 2.45) is 11.1 Å². The second-order valence-electron chi connectivity index (χ2n) is 5.46. The van der Waals surface area contributed by atoms with Gasteiger partial charge in [0, 0.05) is 6.61 Å². The lowest BCUT2D eigenvalue weighted by Crippen LogP contribution is -2.29. The maximum atomic E-state index is 5.77. The summed E-state index contributed by atoms with van der Waals surface area (Å²) in [5.74, 6) is 0. The van der Waals surface area contributed by atoms with E-state index in [0.29, 0.717) is 12.0 Å². The fourth-order valence-corrected chi connectivity index (χ4v) is 1.05. The molecule has 0 rings (SSSR count). The first kappa shape index (κ1) is 17.3. The van der Waals surface area contributed by atoms with E-state index in [1.807, 2.05) is 13.8 Å². The van der Waals surface area contributed by atoms with Crippen LogP contribution >= 0.6 is 0 Å². The van der Waals surface area contributed by atoms with Crippen LogP contribution in [0.3, 0.4) is 0 Å². The zero-order valence-electron chi connectivity index (χ0n) is 11.8. The van der Waals surface area contributed by atoms with Crippen molar-refractivity contribution in [3.63, 3.8) is 0 Å². The van der Waals surface area contributed by atoms with Gasteiger partial charge >= 0.3 is 0 Å². The Balaban J connectivity index is 0. The van der Waals surface area contributed by atoms with Crippen LogP contribution in [0.2, 0.25) is 0 Å². The molecule has 2 nitrogen and oxygen atoms in total. The Hall–Kier alpha value is -0.0800. The summed E-state index contributed by atoms with van der Waals surface area (Å²) in [5, 5.41) is 0. The fraction of sp³-hybridized carbons (Fsp3) is 1.00. The smallest absolute Gasteiger partial charge is 0.0638 e. The standard InChI is InChI=1S/C11H25NO.C2H6/c1-10(2,3)7-9-13-11(4,5)6-8-12;1-2/h6-9,12H2,1-5H3;1-2H3. The lowest BCUT2D eigenvalue weighted by molar-refractivity contribution is -0.0312. The molecule has 0 aliphatic carbocycles. The molecule has 0 aliphatic rings. The highest BCUT2D eigenvalue weighted by Gasteiger charge is 2.18. The molecule has 0 aromatic rings. The van der Waals surface area contributed by atoms with Gasteiger partial charge in [0.1, 0.15) is 0 Å². The number of hydrogen-bond acceptors (Lipinski definition) is 2. The van der Waals surface area contributed by atoms with Crippen LogP contribution in [0.5, 0.6) is 0 Å². The van der Waals surface area contributed by atoms with Gasteiger partial charge in [0.2, 0.25) is 0 Å². The molecule has 0 spiro atoms. The van der Waals surface area contributed by atoms with Crippen molar-refractivity contribution >= 4 is 0 Å². The molecule has 2 N–H and O–H groups in total. The number of nitrogens with two attached hydrogens (primary N) is 1. The van der Waals surface area contributed by atoms with Crippen LogP contribution in [0.4, 0.5) is 0 Å². The predicted octanol–water partition coefficient (Wildman–Crippen LogP) is 3.59. The molecule has 15 heavy (non-hydrogen) atoms. The van der Waals surface area contributed by atoms with Gasteiger partial charge in [-0.15, -0.1) is 0 Å². The van der Waals surface area contributed by atoms with Crippen LogP contribution in [0, 0.1) is 5.41 Å². The molecule has 94 valence electrons. The third-order valence-corrected chi connectivity index (χ3v) is 2.09. The second kappa shape index (κ2) is 8.12. The maximum absolute atomic E-state index is 5.77. The number of ether oxygens (including phenoxy) is 1. The summed E-state index contributed by atoms with van der Waals surface area (Å²) < 4.78 is 5.77. The number of hydrogen-bond donors (Lipinski definition) is 1. The summed E-state index contributed by atoms with van der Waals surface area (Å²) in [6.07, 6.45) is 2.03. The van der Waals surface area contributed by atoms with Gasteiger partial charge in [-0.25, -0.2) is 0 Å². The van der Waals surface area contributed by atoms with Gasteiger partial charge in [0.15, 0.2) is 0 Å². The van der Waals surface area contributed by atoms with Gasteiger partial charge in [-0.3, -0.25) is 0 Å². The minimum Gasteiger partial charge on any atom is -0.376 e. The molecule has 0 bridgehead atoms. The van der Waals surface area contributed by atoms with Crippen LogP contribution in [-0.2, 0) is 4.74 Å². The van der Waals surface area contributed by atoms with E-state index in [1.54, 1.807) is 0 Å². The molecule has 0 aromatic carbocycles. The summed E-state index contributed by atoms with van der Waals surface area (Å²) in [7, 11) is 0. The summed E-state index contributed by atoms with van der Waals surface area (Å²) in [5.41, 5.74) is 5.80. The lowest BCUT2D eigenvalue weighted by atomic mass is 9.93. The van der Waals surface area contributed by atoms with E-state index in [4.69, 9.17) is 10.5 Å². The molecule has 0 amide bonds. The first-order chi connectivity index (χ1) is 6.77. The highest BCUT2D eigenvalue weighted by Crippen LogP contribution is 2.21. The Bertz CT molecular complexity index is 136. The first-order valence-electron chi connectivity index (χ1n) is 6.11. The van der Waals surface area contributed by atoms with E-state index in [9.17, 15) is 0 Å². The second-order valence-corrected chi connectivity index (χ2v) is 5.46. The normalized spacial score (nSPS) is 12.0. The van der Waals surface area contributed by atoms with E-state index in [0.717, 1.165) is 19.4 Å². The van der Waals surface area contributed by atoms with Gasteiger partial charge in [-0.1, -0.05) is 34.6 Å². The van der Waals surface area contributed by atoms with Gasteiger partial charge in [0.25, 0.3) is 0 Å². The van der Waals surface area contributed by atoms with Crippen molar-refractivity contribution < 1.29 is 4.74 Å². The van der Waals surface area contributed by atoms with Crippen LogP contribution in [0.1, 0.15) is 61.3 Å². The van der Waals surface area contributed by atoms with Gasteiger partial charge < -0.3 is 10.5 Å². The van der Waals surface area contributed by atoms with E-state index in [-0.39, 0.29) is 5.60 Å². The van der Waals surface area contributed by atoms with Crippen LogP contribution in [0.25, 0.3) is 0 Å². The Morgan fingerprint density at radius 2 is 1.40 bits per heavy atom. The van der Waals surface area contributed by atoms with Crippen molar-refractivity contribution in [3.8, 4) is 0 Å². The largest absolute Gasteiger partial charge is 0.376 e. The Morgan fingerprint density at radius 3 is 1.73 bits per heavy atom. The van der Waals surface area contributed by atoms with Crippen molar-refractivity contribution in [2.75, 3.05) is 13.2 Å². The first-order valence-corrected chi connectivity index (χ1v) is 6.11. The summed E-state index contributed by atoms with van der Waals surface area (Å²) in [4.78, 5) is 0. The molecule has 0 saturated heterocycles. The lowest BCUT2D eigenvalue weighted by Gasteiger charge is -2.27. The van der Waals surface area contributed by atoms with Gasteiger partial charge in [0.05, 0.1) is 5.60 Å². The van der Waals surface area contributed by atoms with E-state index >= 15 is 0 Å². The summed E-state index contributed by atoms with van der Waals surface area (Å²) >= 11 is 0. The van der Waals surface area contributed by atoms with E-state index in [1.165, 1.54) is 0 Å². The summed E-state index contributed by atoms with van der Waals surface area (Å²) in [6, 6.07) is 0. The van der Waals surface area contributed by atoms with Crippen molar-refractivity contribution in [1.29, 1.82) is 0 Å². The molecule has 0 aromatic heterocycles. The highest BCUT2D eigenvalue weighted by atomic mass is 16.5. The Labute approximate surface area is 96.6 Å². The Morgan fingerprint density at radius 1 is 0.933 bits per heavy atom. The monoisotopic (exact) mass is 217 g/mol. The zero-order valence-corrected chi connectivity index (χ0v) is 11.8. The fourth-order valence-electron chi connectivity index (χ4n) is 1.05. The summed E-state index contributed by atoms with van der Waals surface area (Å²) in [6.45, 7) is 16.4. The number of rotatable bonds is 5. The Kier molecular flexibility index (Phi) is 9.37. The molecule has 2 heteroatoms. The van der Waals surface area contributed by atoms with Crippen LogP contribution in [0.15, 0.2) is 0 Å². The average Bonchev–Trinajstić information content (AvgIpc) is 2.04. The molecular weight excluding hydrogens is 186 g/mol. The topological polar surface area (TPSA) is 35.2 Å². The predicted molar refractivity (Wildman–Crippen MR) is 69.1 cm³/mol. The van der Waals surface area contributed by atoms with E-state index < -0.39 is 0 Å². The molecule has 0 atom stereocenters. The quantitative estimate of drug-likeness (QED) is 0.764. The SMILES string of the molecule is CC.CC(C)(C)CCOC(C)(C)CCN. The minimum atomic E-state index is -0.0556. The van der Waals surface area contributed by atoms with Crippen LogP contribution < -0.4 is 5.73 Å². The molecule has 0 heterocycles. The third kappa shape index (κ3) is 13.9. The molecule has 0 radical (unpaired) electrons. The van der Waals surface area contributed by atoms with Gasteiger partial charge in [-0.05, 0) is 38.6 Å². The highest BCUT2D eigenvalue weighted by molar-refractivity contribution is 4.69. The van der Waals surface area contributed by atoms with Crippen molar-refractivity contribution in [1.82, 2.24) is 0 Å². The van der Waals surface area contributed by atoms with E-state index in [2.05, 4.69) is 34.6 Å². The molecule has 0 unspecified atom stereocenters. The maximum Gasteiger partial charge on any atom is 0.0638 e. The molecule has 0 saturated carbocycles. The zero-order chi connectivity index (χ0) is 12.5. The average molecular weight is 217 g/mol. The van der Waals surface area contributed by atoms with Gasteiger partial charge in [-0.2, -0.15) is 0 Å². The van der Waals surface area contributed by atoms with Crippen LogP contribution in [-0.4, -0.2) is 18.8 Å². The minimum absolute atomic E-state index is 0.0556.